The predicted octanol–water partition coefficient (Wildman–Crippen LogP) is 4.01. The average molecular weight is 325 g/mol. The Morgan fingerprint density at radius 1 is 1.41 bits per heavy atom. The van der Waals surface area contributed by atoms with E-state index in [1.807, 2.05) is 0 Å². The normalized spacial score (nSPS) is 10.6. The summed E-state index contributed by atoms with van der Waals surface area (Å²) in [7, 11) is 0. The van der Waals surface area contributed by atoms with Gasteiger partial charge in [-0.1, -0.05) is 24.9 Å². The maximum atomic E-state index is 13.2. The zero-order valence-corrected chi connectivity index (χ0v) is 12.1. The van der Waals surface area contributed by atoms with E-state index in [0.717, 1.165) is 25.9 Å². The van der Waals surface area contributed by atoms with E-state index in [-0.39, 0.29) is 5.82 Å². The lowest BCUT2D eigenvalue weighted by atomic mass is 10.3. The lowest BCUT2D eigenvalue weighted by Gasteiger charge is -2.09. The quantitative estimate of drug-likeness (QED) is 0.604. The molecular formula is C12H16BrClFNO. The Morgan fingerprint density at radius 3 is 2.88 bits per heavy atom. The average Bonchev–Trinajstić information content (AvgIpc) is 2.30. The standard InChI is InChI=1S/C12H16BrClFNO/c1-2-3-4-16-5-6-17-12-8-11(15)9(13)7-10(12)14/h7-8,16H,2-6H2,1H3. The maximum absolute atomic E-state index is 13.2. The Labute approximate surface area is 115 Å². The molecule has 2 nitrogen and oxygen atoms in total. The first-order valence-corrected chi connectivity index (χ1v) is 6.80. The van der Waals surface area contributed by atoms with Gasteiger partial charge in [0.1, 0.15) is 18.2 Å². The number of benzene rings is 1. The third-order valence-corrected chi connectivity index (χ3v) is 3.12. The van der Waals surface area contributed by atoms with E-state index in [1.165, 1.54) is 12.1 Å². The number of unbranched alkanes of at least 4 members (excludes halogenated alkanes) is 1. The number of rotatable bonds is 7. The van der Waals surface area contributed by atoms with Gasteiger partial charge in [0.15, 0.2) is 0 Å². The second kappa shape index (κ2) is 7.90. The number of nitrogens with one attached hydrogen (secondary N) is 1. The van der Waals surface area contributed by atoms with Gasteiger partial charge >= 0.3 is 0 Å². The molecule has 0 aliphatic rings. The molecule has 1 aromatic rings. The highest BCUT2D eigenvalue weighted by molar-refractivity contribution is 9.10. The summed E-state index contributed by atoms with van der Waals surface area (Å²) in [6, 6.07) is 2.79. The van der Waals surface area contributed by atoms with E-state index >= 15 is 0 Å². The van der Waals surface area contributed by atoms with Crippen molar-refractivity contribution in [3.05, 3.63) is 27.4 Å². The summed E-state index contributed by atoms with van der Waals surface area (Å²) in [4.78, 5) is 0. The van der Waals surface area contributed by atoms with Crippen LogP contribution in [0.3, 0.4) is 0 Å². The molecule has 96 valence electrons. The SMILES string of the molecule is CCCCNCCOc1cc(F)c(Br)cc1Cl. The largest absolute Gasteiger partial charge is 0.491 e. The van der Waals surface area contributed by atoms with Gasteiger partial charge in [-0.05, 0) is 35.0 Å². The van der Waals surface area contributed by atoms with Crippen LogP contribution in [0.15, 0.2) is 16.6 Å². The van der Waals surface area contributed by atoms with Crippen LogP contribution in [0.2, 0.25) is 5.02 Å². The molecule has 0 aromatic heterocycles. The number of ether oxygens (including phenoxy) is 1. The minimum atomic E-state index is -0.372. The fraction of sp³-hybridized carbons (Fsp3) is 0.500. The van der Waals surface area contributed by atoms with Gasteiger partial charge in [0, 0.05) is 12.6 Å². The van der Waals surface area contributed by atoms with Crippen LogP contribution >= 0.6 is 27.5 Å². The predicted molar refractivity (Wildman–Crippen MR) is 72.4 cm³/mol. The number of hydrogen-bond acceptors (Lipinski definition) is 2. The molecule has 0 heterocycles. The van der Waals surface area contributed by atoms with Crippen LogP contribution in [0.4, 0.5) is 4.39 Å². The van der Waals surface area contributed by atoms with Crippen molar-refractivity contribution in [1.29, 1.82) is 0 Å². The lowest BCUT2D eigenvalue weighted by Crippen LogP contribution is -2.22. The second-order valence-electron chi connectivity index (χ2n) is 3.65. The molecule has 17 heavy (non-hydrogen) atoms. The molecular weight excluding hydrogens is 308 g/mol. The van der Waals surface area contributed by atoms with E-state index in [0.29, 0.717) is 21.9 Å². The van der Waals surface area contributed by atoms with Gasteiger partial charge in [0.05, 0.1) is 9.50 Å². The van der Waals surface area contributed by atoms with E-state index in [2.05, 4.69) is 28.2 Å². The summed E-state index contributed by atoms with van der Waals surface area (Å²) in [6.07, 6.45) is 2.31. The third-order valence-electron chi connectivity index (χ3n) is 2.22. The highest BCUT2D eigenvalue weighted by Crippen LogP contribution is 2.30. The molecule has 0 saturated heterocycles. The minimum absolute atomic E-state index is 0.343. The Kier molecular flexibility index (Phi) is 6.85. The van der Waals surface area contributed by atoms with Crippen molar-refractivity contribution in [3.63, 3.8) is 0 Å². The van der Waals surface area contributed by atoms with E-state index < -0.39 is 0 Å². The second-order valence-corrected chi connectivity index (χ2v) is 4.91. The molecule has 0 atom stereocenters. The van der Waals surface area contributed by atoms with Crippen molar-refractivity contribution < 1.29 is 9.13 Å². The number of hydrogen-bond donors (Lipinski definition) is 1. The Morgan fingerprint density at radius 2 is 2.18 bits per heavy atom. The topological polar surface area (TPSA) is 21.3 Å². The minimum Gasteiger partial charge on any atom is -0.491 e. The number of halogens is 3. The molecule has 1 N–H and O–H groups in total. The van der Waals surface area contributed by atoms with Crippen molar-refractivity contribution in [1.82, 2.24) is 5.32 Å². The molecule has 0 unspecified atom stereocenters. The smallest absolute Gasteiger partial charge is 0.141 e. The maximum Gasteiger partial charge on any atom is 0.141 e. The molecule has 0 aliphatic heterocycles. The van der Waals surface area contributed by atoms with Gasteiger partial charge in [-0.15, -0.1) is 0 Å². The van der Waals surface area contributed by atoms with E-state index in [1.54, 1.807) is 0 Å². The van der Waals surface area contributed by atoms with Crippen LogP contribution in [0.1, 0.15) is 19.8 Å². The van der Waals surface area contributed by atoms with Gasteiger partial charge in [0.25, 0.3) is 0 Å². The first-order chi connectivity index (χ1) is 8.15. The first kappa shape index (κ1) is 14.7. The van der Waals surface area contributed by atoms with Crippen molar-refractivity contribution in [2.24, 2.45) is 0 Å². The molecule has 1 aromatic carbocycles. The van der Waals surface area contributed by atoms with E-state index in [4.69, 9.17) is 16.3 Å². The first-order valence-electron chi connectivity index (χ1n) is 5.63. The van der Waals surface area contributed by atoms with Crippen molar-refractivity contribution in [3.8, 4) is 5.75 Å². The van der Waals surface area contributed by atoms with Gasteiger partial charge in [0.2, 0.25) is 0 Å². The van der Waals surface area contributed by atoms with Gasteiger partial charge in [-0.25, -0.2) is 4.39 Å². The van der Waals surface area contributed by atoms with Gasteiger partial charge in [-0.3, -0.25) is 0 Å². The van der Waals surface area contributed by atoms with Crippen LogP contribution in [0.5, 0.6) is 5.75 Å². The molecule has 0 spiro atoms. The van der Waals surface area contributed by atoms with Crippen LogP contribution < -0.4 is 10.1 Å². The Balaban J connectivity index is 2.34. The molecule has 1 rings (SSSR count). The van der Waals surface area contributed by atoms with Gasteiger partial charge < -0.3 is 10.1 Å². The van der Waals surface area contributed by atoms with Gasteiger partial charge in [-0.2, -0.15) is 0 Å². The summed E-state index contributed by atoms with van der Waals surface area (Å²) < 4.78 is 19.0. The van der Waals surface area contributed by atoms with Crippen LogP contribution in [0, 0.1) is 5.82 Å². The zero-order chi connectivity index (χ0) is 12.7. The van der Waals surface area contributed by atoms with Crippen LogP contribution in [-0.2, 0) is 0 Å². The van der Waals surface area contributed by atoms with Crippen molar-refractivity contribution in [2.45, 2.75) is 19.8 Å². The van der Waals surface area contributed by atoms with Crippen molar-refractivity contribution in [2.75, 3.05) is 19.7 Å². The van der Waals surface area contributed by atoms with Crippen LogP contribution in [-0.4, -0.2) is 19.7 Å². The molecule has 0 amide bonds. The molecule has 0 fully saturated rings. The summed E-state index contributed by atoms with van der Waals surface area (Å²) in [6.45, 7) is 4.32. The molecule has 0 aliphatic carbocycles. The van der Waals surface area contributed by atoms with Crippen molar-refractivity contribution >= 4 is 27.5 Å². The summed E-state index contributed by atoms with van der Waals surface area (Å²) in [5.41, 5.74) is 0. The fourth-order valence-corrected chi connectivity index (χ4v) is 1.97. The zero-order valence-electron chi connectivity index (χ0n) is 9.73. The fourth-order valence-electron chi connectivity index (χ4n) is 1.27. The molecule has 0 saturated carbocycles. The molecule has 0 bridgehead atoms. The van der Waals surface area contributed by atoms with E-state index in [9.17, 15) is 4.39 Å². The lowest BCUT2D eigenvalue weighted by molar-refractivity contribution is 0.312. The highest BCUT2D eigenvalue weighted by Gasteiger charge is 2.07. The summed E-state index contributed by atoms with van der Waals surface area (Å²) in [5, 5.41) is 3.64. The Hall–Kier alpha value is -0.320. The Bertz CT molecular complexity index is 363. The molecule has 0 radical (unpaired) electrons. The van der Waals surface area contributed by atoms with Crippen LogP contribution in [0.25, 0.3) is 0 Å². The molecule has 5 heteroatoms. The summed E-state index contributed by atoms with van der Waals surface area (Å²) in [5.74, 6) is 0.00741. The highest BCUT2D eigenvalue weighted by atomic mass is 79.9. The monoisotopic (exact) mass is 323 g/mol. The summed E-state index contributed by atoms with van der Waals surface area (Å²) >= 11 is 8.99. The third kappa shape index (κ3) is 5.23.